The zero-order chi connectivity index (χ0) is 20.2. The van der Waals surface area contributed by atoms with Gasteiger partial charge in [-0.1, -0.05) is 27.3 Å². The van der Waals surface area contributed by atoms with Crippen LogP contribution in [0.15, 0.2) is 43.9 Å². The summed E-state index contributed by atoms with van der Waals surface area (Å²) < 4.78 is 36.4. The number of hydrogen-bond acceptors (Lipinski definition) is 7. The zero-order valence-corrected chi connectivity index (χ0v) is 18.5. The maximum Gasteiger partial charge on any atom is 0.297 e. The fourth-order valence-electron chi connectivity index (χ4n) is 4.20. The number of fused-ring (bicyclic) bond motifs is 1. The first-order valence-electron chi connectivity index (χ1n) is 9.29. The molecular formula is C19H17BrN4O3S2. The predicted octanol–water partition coefficient (Wildman–Crippen LogP) is 5.42. The minimum Gasteiger partial charge on any atom is -0.371 e. The molecular weight excluding hydrogens is 476 g/mol. The van der Waals surface area contributed by atoms with Crippen LogP contribution in [-0.2, 0) is 23.0 Å². The fraction of sp³-hybridized carbons (Fsp3) is 0.316. The molecule has 0 atom stereocenters. The van der Waals surface area contributed by atoms with Gasteiger partial charge in [0.1, 0.15) is 10.6 Å². The molecule has 1 N–H and O–H groups in total. The van der Waals surface area contributed by atoms with Crippen molar-refractivity contribution in [1.82, 2.24) is 4.98 Å². The molecule has 0 bridgehead atoms. The van der Waals surface area contributed by atoms with E-state index >= 15 is 0 Å². The number of aryl methyl sites for hydroxylation is 1. The largest absolute Gasteiger partial charge is 0.371 e. The average Bonchev–Trinajstić information content (AvgIpc) is 3.07. The summed E-state index contributed by atoms with van der Waals surface area (Å²) in [5.74, 6) is 0. The van der Waals surface area contributed by atoms with Gasteiger partial charge in [0.25, 0.3) is 10.1 Å². The highest BCUT2D eigenvalue weighted by Crippen LogP contribution is 2.44. The smallest absolute Gasteiger partial charge is 0.297 e. The van der Waals surface area contributed by atoms with Gasteiger partial charge in [-0.15, -0.1) is 10.2 Å². The van der Waals surface area contributed by atoms with Gasteiger partial charge < -0.3 is 4.90 Å². The molecule has 10 heteroatoms. The fourth-order valence-corrected chi connectivity index (χ4v) is 6.41. The third-order valence-electron chi connectivity index (χ3n) is 5.29. The summed E-state index contributed by atoms with van der Waals surface area (Å²) in [6.07, 6.45) is 3.33. The summed E-state index contributed by atoms with van der Waals surface area (Å²) >= 11 is 4.81. The second-order valence-electron chi connectivity index (χ2n) is 7.19. The Kier molecular flexibility index (Phi) is 4.69. The third kappa shape index (κ3) is 3.48. The maximum atomic E-state index is 12.3. The number of aromatic nitrogens is 1. The minimum atomic E-state index is -4.44. The standard InChI is InChI=1S/C19H17BrN4O3S2/c20-12-5-6-14-16(10-12)28-19(21-14)23-22-15-9-11-3-1-7-24-8-2-4-13(17(11)24)18(15)29(25,26)27/h5-6,9-10H,1-4,7-8H2,(H,25,26,27). The number of halogens is 1. The van der Waals surface area contributed by atoms with Crippen molar-refractivity contribution in [1.29, 1.82) is 0 Å². The Balaban J connectivity index is 1.65. The van der Waals surface area contributed by atoms with Crippen LogP contribution in [0.3, 0.4) is 0 Å². The van der Waals surface area contributed by atoms with Crippen molar-refractivity contribution in [2.24, 2.45) is 10.2 Å². The number of benzene rings is 2. The Morgan fingerprint density at radius 2 is 1.93 bits per heavy atom. The van der Waals surface area contributed by atoms with Crippen LogP contribution in [0.1, 0.15) is 24.0 Å². The topological polar surface area (TPSA) is 95.2 Å². The van der Waals surface area contributed by atoms with Crippen molar-refractivity contribution >= 4 is 64.1 Å². The van der Waals surface area contributed by atoms with E-state index in [1.54, 1.807) is 6.07 Å². The Labute approximate surface area is 180 Å². The summed E-state index contributed by atoms with van der Waals surface area (Å²) in [6, 6.07) is 7.50. The molecule has 0 saturated heterocycles. The van der Waals surface area contributed by atoms with Gasteiger partial charge in [-0.3, -0.25) is 4.55 Å². The van der Waals surface area contributed by atoms with Crippen LogP contribution in [-0.4, -0.2) is 31.0 Å². The van der Waals surface area contributed by atoms with Crippen LogP contribution >= 0.6 is 27.3 Å². The SMILES string of the molecule is O=S(=O)(O)c1c(N=Nc2nc3ccc(Br)cc3s2)cc2c3c1CCCN3CCC2. The number of thiazole rings is 1. The van der Waals surface area contributed by atoms with E-state index < -0.39 is 10.1 Å². The summed E-state index contributed by atoms with van der Waals surface area (Å²) in [5.41, 5.74) is 3.68. The van der Waals surface area contributed by atoms with E-state index in [0.29, 0.717) is 17.1 Å². The highest BCUT2D eigenvalue weighted by atomic mass is 79.9. The normalized spacial score (nSPS) is 16.6. The first-order chi connectivity index (χ1) is 13.9. The number of anilines is 1. The highest BCUT2D eigenvalue weighted by Gasteiger charge is 2.32. The first-order valence-corrected chi connectivity index (χ1v) is 12.3. The lowest BCUT2D eigenvalue weighted by Gasteiger charge is -2.37. The molecule has 0 aliphatic carbocycles. The molecule has 2 aliphatic rings. The number of nitrogens with zero attached hydrogens (tertiary/aromatic N) is 4. The lowest BCUT2D eigenvalue weighted by atomic mass is 9.91. The molecule has 2 aliphatic heterocycles. The molecule has 1 aromatic heterocycles. The van der Waals surface area contributed by atoms with Gasteiger partial charge >= 0.3 is 0 Å². The second-order valence-corrected chi connectivity index (χ2v) is 10.5. The highest BCUT2D eigenvalue weighted by molar-refractivity contribution is 9.10. The molecule has 7 nitrogen and oxygen atoms in total. The monoisotopic (exact) mass is 492 g/mol. The van der Waals surface area contributed by atoms with Gasteiger partial charge in [0.2, 0.25) is 5.13 Å². The number of hydrogen-bond donors (Lipinski definition) is 1. The van der Waals surface area contributed by atoms with Crippen molar-refractivity contribution in [3.63, 3.8) is 0 Å². The molecule has 29 heavy (non-hydrogen) atoms. The van der Waals surface area contributed by atoms with E-state index in [4.69, 9.17) is 0 Å². The van der Waals surface area contributed by atoms with Gasteiger partial charge in [-0.05, 0) is 61.1 Å². The van der Waals surface area contributed by atoms with Crippen molar-refractivity contribution in [2.45, 2.75) is 30.6 Å². The van der Waals surface area contributed by atoms with E-state index in [1.807, 2.05) is 18.2 Å². The predicted molar refractivity (Wildman–Crippen MR) is 117 cm³/mol. The van der Waals surface area contributed by atoms with Gasteiger partial charge in [0, 0.05) is 23.2 Å². The van der Waals surface area contributed by atoms with E-state index in [9.17, 15) is 13.0 Å². The third-order valence-corrected chi connectivity index (χ3v) is 7.66. The van der Waals surface area contributed by atoms with Gasteiger partial charge in [-0.25, -0.2) is 4.98 Å². The number of rotatable bonds is 3. The molecule has 0 fully saturated rings. The van der Waals surface area contributed by atoms with Crippen molar-refractivity contribution < 1.29 is 13.0 Å². The molecule has 0 unspecified atom stereocenters. The average molecular weight is 493 g/mol. The Hall–Kier alpha value is -1.88. The molecule has 0 amide bonds. The van der Waals surface area contributed by atoms with Crippen LogP contribution in [0.2, 0.25) is 0 Å². The molecule has 3 heterocycles. The molecule has 0 saturated carbocycles. The number of azo groups is 1. The van der Waals surface area contributed by atoms with Gasteiger partial charge in [0.15, 0.2) is 0 Å². The van der Waals surface area contributed by atoms with Gasteiger partial charge in [-0.2, -0.15) is 8.42 Å². The van der Waals surface area contributed by atoms with Crippen molar-refractivity contribution in [3.05, 3.63) is 39.9 Å². The van der Waals surface area contributed by atoms with E-state index in [1.165, 1.54) is 11.3 Å². The second kappa shape index (κ2) is 7.12. The van der Waals surface area contributed by atoms with Crippen LogP contribution in [0.4, 0.5) is 16.5 Å². The minimum absolute atomic E-state index is 0.115. The van der Waals surface area contributed by atoms with Gasteiger partial charge in [0.05, 0.1) is 10.2 Å². The zero-order valence-electron chi connectivity index (χ0n) is 15.3. The van der Waals surface area contributed by atoms with Crippen LogP contribution in [0.25, 0.3) is 10.2 Å². The van der Waals surface area contributed by atoms with Crippen molar-refractivity contribution in [3.8, 4) is 0 Å². The quantitative estimate of drug-likeness (QED) is 0.388. The van der Waals surface area contributed by atoms with E-state index in [-0.39, 0.29) is 10.6 Å². The summed E-state index contributed by atoms with van der Waals surface area (Å²) in [7, 11) is -4.44. The molecule has 3 aromatic rings. The summed E-state index contributed by atoms with van der Waals surface area (Å²) in [5, 5.41) is 8.87. The van der Waals surface area contributed by atoms with E-state index in [2.05, 4.69) is 36.0 Å². The Morgan fingerprint density at radius 3 is 2.72 bits per heavy atom. The lowest BCUT2D eigenvalue weighted by molar-refractivity contribution is 0.481. The molecule has 150 valence electrons. The summed E-state index contributed by atoms with van der Waals surface area (Å²) in [4.78, 5) is 6.54. The molecule has 0 radical (unpaired) electrons. The van der Waals surface area contributed by atoms with Crippen LogP contribution < -0.4 is 4.90 Å². The summed E-state index contributed by atoms with van der Waals surface area (Å²) in [6.45, 7) is 1.82. The molecule has 2 aromatic carbocycles. The molecule has 5 rings (SSSR count). The van der Waals surface area contributed by atoms with E-state index in [0.717, 1.165) is 58.3 Å². The maximum absolute atomic E-state index is 12.3. The lowest BCUT2D eigenvalue weighted by Crippen LogP contribution is -2.35. The Bertz CT molecular complexity index is 1270. The Morgan fingerprint density at radius 1 is 1.14 bits per heavy atom. The first kappa shape index (κ1) is 19.1. The van der Waals surface area contributed by atoms with Crippen LogP contribution in [0.5, 0.6) is 0 Å². The molecule has 0 spiro atoms. The van der Waals surface area contributed by atoms with Crippen LogP contribution in [0, 0.1) is 0 Å². The van der Waals surface area contributed by atoms with Crippen molar-refractivity contribution in [2.75, 3.05) is 18.0 Å².